The molecular formula is C27H32O3. The predicted octanol–water partition coefficient (Wildman–Crippen LogP) is 6.01. The van der Waals surface area contributed by atoms with Crippen LogP contribution in [0.5, 0.6) is 0 Å². The number of hydrogen-bond donors (Lipinski definition) is 1. The van der Waals surface area contributed by atoms with Crippen molar-refractivity contribution in [1.29, 1.82) is 0 Å². The van der Waals surface area contributed by atoms with E-state index in [1.165, 1.54) is 5.57 Å². The second kappa shape index (κ2) is 6.32. The summed E-state index contributed by atoms with van der Waals surface area (Å²) in [5.41, 5.74) is 1.26. The molecule has 6 rings (SSSR count). The van der Waals surface area contributed by atoms with Gasteiger partial charge in [0.2, 0.25) is 0 Å². The van der Waals surface area contributed by atoms with Crippen molar-refractivity contribution in [1.82, 2.24) is 0 Å². The van der Waals surface area contributed by atoms with Gasteiger partial charge in [0.25, 0.3) is 0 Å². The van der Waals surface area contributed by atoms with Crippen molar-refractivity contribution in [2.45, 2.75) is 64.4 Å². The van der Waals surface area contributed by atoms with Gasteiger partial charge in [-0.15, -0.1) is 0 Å². The molecule has 3 nitrogen and oxygen atoms in total. The van der Waals surface area contributed by atoms with E-state index in [0.717, 1.165) is 61.7 Å². The van der Waals surface area contributed by atoms with Crippen molar-refractivity contribution in [2.24, 2.45) is 35.0 Å². The molecule has 3 saturated carbocycles. The molecule has 4 aliphatic carbocycles. The van der Waals surface area contributed by atoms with Crippen LogP contribution < -0.4 is 0 Å². The number of allylic oxidation sites excluding steroid dienone is 1. The summed E-state index contributed by atoms with van der Waals surface area (Å²) >= 11 is 0. The number of furan rings is 1. The van der Waals surface area contributed by atoms with Gasteiger partial charge in [0.05, 0.1) is 0 Å². The molecule has 0 spiro atoms. The van der Waals surface area contributed by atoms with Gasteiger partial charge in [-0.3, -0.25) is 4.79 Å². The minimum absolute atomic E-state index is 0.151. The lowest BCUT2D eigenvalue weighted by Gasteiger charge is -2.57. The van der Waals surface area contributed by atoms with Crippen LogP contribution in [0.3, 0.4) is 0 Å². The maximum Gasteiger partial charge on any atom is 0.155 e. The molecule has 1 N–H and O–H groups in total. The minimum atomic E-state index is -0.889. The van der Waals surface area contributed by atoms with E-state index >= 15 is 0 Å². The van der Waals surface area contributed by atoms with Gasteiger partial charge in [0.15, 0.2) is 5.78 Å². The first-order chi connectivity index (χ1) is 14.4. The molecule has 0 aliphatic heterocycles. The van der Waals surface area contributed by atoms with Crippen molar-refractivity contribution in [2.75, 3.05) is 0 Å². The summed E-state index contributed by atoms with van der Waals surface area (Å²) in [6.07, 6.45) is 8.85. The molecule has 1 heterocycles. The first kappa shape index (κ1) is 18.9. The molecule has 0 bridgehead atoms. The Balaban J connectivity index is 1.38. The standard InChI is InChI=1S/C27H32O3/c1-16-13-18-14-19(28)7-8-20(18)21-9-11-26(2)22(25(16)21)10-12-27(26,29)24-15-17-5-3-4-6-23(17)30-24/h3-6,14-16,20-22,25,29H,7-13H2,1-2H3/t16-,20-,21-,22+,25+,26-,27?/m0/s1. The zero-order valence-corrected chi connectivity index (χ0v) is 18.1. The largest absolute Gasteiger partial charge is 0.458 e. The van der Waals surface area contributed by atoms with Crippen LogP contribution in [0.15, 0.2) is 46.4 Å². The monoisotopic (exact) mass is 404 g/mol. The summed E-state index contributed by atoms with van der Waals surface area (Å²) < 4.78 is 6.23. The zero-order chi connectivity index (χ0) is 20.7. The number of ketones is 1. The van der Waals surface area contributed by atoms with Crippen LogP contribution in [-0.2, 0) is 10.4 Å². The fourth-order valence-corrected chi connectivity index (χ4v) is 8.20. The molecule has 1 aromatic carbocycles. The van der Waals surface area contributed by atoms with E-state index in [9.17, 15) is 9.90 Å². The highest BCUT2D eigenvalue weighted by Gasteiger charge is 2.65. The lowest BCUT2D eigenvalue weighted by molar-refractivity contribution is -0.140. The second-order valence-corrected chi connectivity index (χ2v) is 10.9. The molecule has 0 amide bonds. The van der Waals surface area contributed by atoms with Gasteiger partial charge in [-0.25, -0.2) is 0 Å². The summed E-state index contributed by atoms with van der Waals surface area (Å²) in [7, 11) is 0. The quantitative estimate of drug-likeness (QED) is 0.633. The molecule has 1 unspecified atom stereocenters. The van der Waals surface area contributed by atoms with Crippen molar-refractivity contribution in [3.63, 3.8) is 0 Å². The Morgan fingerprint density at radius 2 is 1.97 bits per heavy atom. The molecule has 4 aliphatic rings. The van der Waals surface area contributed by atoms with Gasteiger partial charge >= 0.3 is 0 Å². The maximum atomic E-state index is 12.1. The van der Waals surface area contributed by atoms with Crippen LogP contribution in [0.4, 0.5) is 0 Å². The van der Waals surface area contributed by atoms with Crippen molar-refractivity contribution in [3.05, 3.63) is 47.7 Å². The lowest BCUT2D eigenvalue weighted by Crippen LogP contribution is -2.53. The molecular weight excluding hydrogens is 372 g/mol. The fourth-order valence-electron chi connectivity index (χ4n) is 8.20. The summed E-state index contributed by atoms with van der Waals surface area (Å²) in [5, 5.41) is 13.2. The average Bonchev–Trinajstić information content (AvgIpc) is 3.28. The number of fused-ring (bicyclic) bond motifs is 6. The molecule has 3 heteroatoms. The van der Waals surface area contributed by atoms with E-state index in [2.05, 4.69) is 26.0 Å². The first-order valence-electron chi connectivity index (χ1n) is 11.9. The number of benzene rings is 1. The molecule has 0 saturated heterocycles. The number of carbonyl (C=O) groups is 1. The number of hydrogen-bond acceptors (Lipinski definition) is 3. The SMILES string of the molecule is C[C@H]1CC2=CC(=O)CC[C@@H]2[C@@H]2CC[C@@]3(C)[C@H](CCC3(O)c3cc4ccccc4o3)[C@@H]21. The van der Waals surface area contributed by atoms with Crippen molar-refractivity contribution in [3.8, 4) is 0 Å². The van der Waals surface area contributed by atoms with Gasteiger partial charge in [0, 0.05) is 17.2 Å². The van der Waals surface area contributed by atoms with Gasteiger partial charge in [-0.2, -0.15) is 0 Å². The molecule has 30 heavy (non-hydrogen) atoms. The van der Waals surface area contributed by atoms with E-state index in [1.54, 1.807) is 0 Å². The van der Waals surface area contributed by atoms with E-state index < -0.39 is 5.60 Å². The van der Waals surface area contributed by atoms with Crippen molar-refractivity contribution < 1.29 is 14.3 Å². The zero-order valence-electron chi connectivity index (χ0n) is 18.1. The summed E-state index contributed by atoms with van der Waals surface area (Å²) in [6, 6.07) is 10.2. The highest BCUT2D eigenvalue weighted by atomic mass is 16.4. The van der Waals surface area contributed by atoms with Gasteiger partial charge in [-0.1, -0.05) is 37.6 Å². The Hall–Kier alpha value is -1.87. The molecule has 3 fully saturated rings. The van der Waals surface area contributed by atoms with Crippen LogP contribution in [-0.4, -0.2) is 10.9 Å². The molecule has 7 atom stereocenters. The Morgan fingerprint density at radius 1 is 1.13 bits per heavy atom. The van der Waals surface area contributed by atoms with E-state index in [1.807, 2.05) is 24.3 Å². The second-order valence-electron chi connectivity index (χ2n) is 10.9. The van der Waals surface area contributed by atoms with Crippen LogP contribution >= 0.6 is 0 Å². The molecule has 2 aromatic rings. The number of rotatable bonds is 1. The van der Waals surface area contributed by atoms with E-state index in [4.69, 9.17) is 4.42 Å². The van der Waals surface area contributed by atoms with Gasteiger partial charge in [-0.05, 0) is 86.3 Å². The number of aliphatic hydroxyl groups is 1. The Labute approximate surface area is 178 Å². The average molecular weight is 405 g/mol. The molecule has 0 radical (unpaired) electrons. The lowest BCUT2D eigenvalue weighted by atomic mass is 9.48. The molecule has 158 valence electrons. The van der Waals surface area contributed by atoms with Gasteiger partial charge < -0.3 is 9.52 Å². The third-order valence-electron chi connectivity index (χ3n) is 9.63. The van der Waals surface area contributed by atoms with Crippen LogP contribution in [0.1, 0.15) is 64.6 Å². The summed E-state index contributed by atoms with van der Waals surface area (Å²) in [6.45, 7) is 4.72. The smallest absolute Gasteiger partial charge is 0.155 e. The minimum Gasteiger partial charge on any atom is -0.458 e. The summed E-state index contributed by atoms with van der Waals surface area (Å²) in [5.74, 6) is 4.08. The highest BCUT2D eigenvalue weighted by Crippen LogP contribution is 2.68. The number of carbonyl (C=O) groups excluding carboxylic acids is 1. The van der Waals surface area contributed by atoms with E-state index in [0.29, 0.717) is 35.4 Å². The Bertz CT molecular complexity index is 1010. The summed E-state index contributed by atoms with van der Waals surface area (Å²) in [4.78, 5) is 12.0. The highest BCUT2D eigenvalue weighted by molar-refractivity contribution is 5.91. The van der Waals surface area contributed by atoms with Crippen LogP contribution in [0, 0.1) is 35.0 Å². The topological polar surface area (TPSA) is 50.4 Å². The third kappa shape index (κ3) is 2.39. The van der Waals surface area contributed by atoms with Gasteiger partial charge in [0.1, 0.15) is 16.9 Å². The third-order valence-corrected chi connectivity index (χ3v) is 9.63. The van der Waals surface area contributed by atoms with Crippen LogP contribution in [0.25, 0.3) is 11.0 Å². The van der Waals surface area contributed by atoms with Crippen molar-refractivity contribution >= 4 is 16.8 Å². The normalized spacial score (nSPS) is 43.1. The van der Waals surface area contributed by atoms with E-state index in [-0.39, 0.29) is 5.41 Å². The Morgan fingerprint density at radius 3 is 2.80 bits per heavy atom. The Kier molecular flexibility index (Phi) is 3.98. The fraction of sp³-hybridized carbons (Fsp3) is 0.593. The predicted molar refractivity (Wildman–Crippen MR) is 117 cm³/mol. The maximum absolute atomic E-state index is 12.1. The van der Waals surface area contributed by atoms with Crippen LogP contribution in [0.2, 0.25) is 0 Å². The molecule has 1 aromatic heterocycles. The first-order valence-corrected chi connectivity index (χ1v) is 11.9. The number of para-hydroxylation sites is 1.